The van der Waals surface area contributed by atoms with Crippen molar-refractivity contribution in [1.82, 2.24) is 9.80 Å². The number of aliphatic hydroxyl groups is 1. The van der Waals surface area contributed by atoms with E-state index < -0.39 is 5.54 Å². The average Bonchev–Trinajstić information content (AvgIpc) is 3.07. The zero-order valence-corrected chi connectivity index (χ0v) is 16.6. The number of piperidine rings is 1. The van der Waals surface area contributed by atoms with E-state index in [4.69, 9.17) is 4.74 Å². The van der Waals surface area contributed by atoms with Gasteiger partial charge in [-0.15, -0.1) is 0 Å². The number of amides is 1. The molecule has 0 bridgehead atoms. The Morgan fingerprint density at radius 2 is 1.67 bits per heavy atom. The van der Waals surface area contributed by atoms with Crippen LogP contribution in [0.1, 0.15) is 37.8 Å². The molecule has 2 atom stereocenters. The molecule has 1 aliphatic carbocycles. The van der Waals surface area contributed by atoms with E-state index in [1.807, 2.05) is 0 Å². The number of nitrogens with zero attached hydrogens (tertiary/aromatic N) is 2. The van der Waals surface area contributed by atoms with Crippen LogP contribution in [0.3, 0.4) is 0 Å². The standard InChI is InChI=1S/C22H32N2O3/c1-16-13-24(14-17(2)27-16)22(11-19-5-3-4-6-20(19)12-22)21(26)23-9-7-18(15-25)8-10-23/h3-6,16-18,25H,7-15H2,1-2H3/t16-,17+. The largest absolute Gasteiger partial charge is 0.396 e. The van der Waals surface area contributed by atoms with Crippen molar-refractivity contribution in [2.45, 2.75) is 57.3 Å². The van der Waals surface area contributed by atoms with Crippen molar-refractivity contribution in [2.75, 3.05) is 32.8 Å². The van der Waals surface area contributed by atoms with Crippen molar-refractivity contribution in [1.29, 1.82) is 0 Å². The number of carbonyl (C=O) groups is 1. The molecule has 2 fully saturated rings. The molecule has 2 saturated heterocycles. The summed E-state index contributed by atoms with van der Waals surface area (Å²) in [6.45, 7) is 7.58. The lowest BCUT2D eigenvalue weighted by molar-refractivity contribution is -0.156. The Balaban J connectivity index is 1.62. The third-order valence-corrected chi connectivity index (χ3v) is 6.67. The van der Waals surface area contributed by atoms with Gasteiger partial charge >= 0.3 is 0 Å². The molecule has 148 valence electrons. The van der Waals surface area contributed by atoms with Crippen LogP contribution in [-0.4, -0.2) is 71.3 Å². The van der Waals surface area contributed by atoms with Gasteiger partial charge in [0.05, 0.1) is 12.2 Å². The zero-order valence-electron chi connectivity index (χ0n) is 16.6. The van der Waals surface area contributed by atoms with Crippen LogP contribution < -0.4 is 0 Å². The molecule has 1 aromatic rings. The highest BCUT2D eigenvalue weighted by molar-refractivity contribution is 5.88. The molecule has 1 N–H and O–H groups in total. The Hall–Kier alpha value is -1.43. The first-order valence-electron chi connectivity index (χ1n) is 10.4. The van der Waals surface area contributed by atoms with Crippen molar-refractivity contribution >= 4 is 5.91 Å². The van der Waals surface area contributed by atoms with Crippen molar-refractivity contribution in [3.8, 4) is 0 Å². The number of carbonyl (C=O) groups excluding carboxylic acids is 1. The third-order valence-electron chi connectivity index (χ3n) is 6.67. The number of hydrogen-bond acceptors (Lipinski definition) is 4. The van der Waals surface area contributed by atoms with Gasteiger partial charge in [0.15, 0.2) is 0 Å². The van der Waals surface area contributed by atoms with Crippen molar-refractivity contribution in [3.63, 3.8) is 0 Å². The lowest BCUT2D eigenvalue weighted by Crippen LogP contribution is -2.65. The first-order chi connectivity index (χ1) is 13.0. The van der Waals surface area contributed by atoms with Gasteiger partial charge in [-0.3, -0.25) is 9.69 Å². The molecule has 1 aromatic carbocycles. The molecular weight excluding hydrogens is 340 g/mol. The van der Waals surface area contributed by atoms with Gasteiger partial charge in [-0.05, 0) is 43.7 Å². The molecule has 4 rings (SSSR count). The minimum absolute atomic E-state index is 0.141. The fraction of sp³-hybridized carbons (Fsp3) is 0.682. The first-order valence-corrected chi connectivity index (χ1v) is 10.4. The molecule has 2 aliphatic heterocycles. The summed E-state index contributed by atoms with van der Waals surface area (Å²) in [5, 5.41) is 9.43. The van der Waals surface area contributed by atoms with E-state index in [1.54, 1.807) is 0 Å². The van der Waals surface area contributed by atoms with Crippen LogP contribution in [0.5, 0.6) is 0 Å². The van der Waals surface area contributed by atoms with Crippen LogP contribution in [-0.2, 0) is 22.4 Å². The maximum atomic E-state index is 13.9. The Morgan fingerprint density at radius 3 is 2.19 bits per heavy atom. The van der Waals surface area contributed by atoms with E-state index in [1.165, 1.54) is 11.1 Å². The summed E-state index contributed by atoms with van der Waals surface area (Å²) in [5.41, 5.74) is 2.13. The van der Waals surface area contributed by atoms with Gasteiger partial charge in [-0.2, -0.15) is 0 Å². The summed E-state index contributed by atoms with van der Waals surface area (Å²) in [5.74, 6) is 0.616. The summed E-state index contributed by atoms with van der Waals surface area (Å²) in [6.07, 6.45) is 3.68. The Kier molecular flexibility index (Phi) is 5.28. The quantitative estimate of drug-likeness (QED) is 0.880. The Labute approximate surface area is 162 Å². The highest BCUT2D eigenvalue weighted by Crippen LogP contribution is 2.38. The van der Waals surface area contributed by atoms with Crippen molar-refractivity contribution < 1.29 is 14.6 Å². The minimum atomic E-state index is -0.484. The predicted octanol–water partition coefficient (Wildman–Crippen LogP) is 1.86. The van der Waals surface area contributed by atoms with Gasteiger partial charge in [-0.1, -0.05) is 24.3 Å². The molecule has 0 spiro atoms. The van der Waals surface area contributed by atoms with E-state index in [2.05, 4.69) is 47.9 Å². The zero-order chi connectivity index (χ0) is 19.0. The highest BCUT2D eigenvalue weighted by Gasteiger charge is 2.51. The Morgan fingerprint density at radius 1 is 1.11 bits per heavy atom. The summed E-state index contributed by atoms with van der Waals surface area (Å²) in [6, 6.07) is 8.51. The maximum absolute atomic E-state index is 13.9. The molecular formula is C22H32N2O3. The fourth-order valence-electron chi connectivity index (χ4n) is 5.25. The van der Waals surface area contributed by atoms with Gasteiger partial charge in [0, 0.05) is 45.6 Å². The second-order valence-corrected chi connectivity index (χ2v) is 8.73. The minimum Gasteiger partial charge on any atom is -0.396 e. The van der Waals surface area contributed by atoms with Crippen LogP contribution in [0.2, 0.25) is 0 Å². The first kappa shape index (κ1) is 18.9. The molecule has 0 saturated carbocycles. The molecule has 1 amide bonds. The topological polar surface area (TPSA) is 53.0 Å². The number of hydrogen-bond donors (Lipinski definition) is 1. The second kappa shape index (κ2) is 7.53. The van der Waals surface area contributed by atoms with Crippen LogP contribution in [0.4, 0.5) is 0 Å². The van der Waals surface area contributed by atoms with Crippen molar-refractivity contribution in [3.05, 3.63) is 35.4 Å². The lowest BCUT2D eigenvalue weighted by atomic mass is 9.88. The SMILES string of the molecule is C[C@@H]1CN(C2(C(=O)N3CCC(CO)CC3)Cc3ccccc3C2)C[C@H](C)O1. The summed E-state index contributed by atoms with van der Waals surface area (Å²) in [4.78, 5) is 18.3. The van der Waals surface area contributed by atoms with E-state index in [0.717, 1.165) is 51.9 Å². The fourth-order valence-corrected chi connectivity index (χ4v) is 5.25. The van der Waals surface area contributed by atoms with Crippen molar-refractivity contribution in [2.24, 2.45) is 5.92 Å². The normalized spacial score (nSPS) is 28.9. The van der Waals surface area contributed by atoms with Gasteiger partial charge in [0.2, 0.25) is 5.91 Å². The molecule has 0 aromatic heterocycles. The van der Waals surface area contributed by atoms with Gasteiger partial charge in [0.25, 0.3) is 0 Å². The smallest absolute Gasteiger partial charge is 0.243 e. The Bertz CT molecular complexity index is 649. The van der Waals surface area contributed by atoms with E-state index >= 15 is 0 Å². The number of likely N-dealkylation sites (tertiary alicyclic amines) is 1. The third kappa shape index (κ3) is 3.53. The molecule has 0 unspecified atom stereocenters. The maximum Gasteiger partial charge on any atom is 0.243 e. The number of morpholine rings is 1. The number of aliphatic hydroxyl groups excluding tert-OH is 1. The van der Waals surface area contributed by atoms with Crippen LogP contribution in [0.15, 0.2) is 24.3 Å². The molecule has 5 heteroatoms. The molecule has 27 heavy (non-hydrogen) atoms. The van der Waals surface area contributed by atoms with Crippen LogP contribution in [0, 0.1) is 5.92 Å². The number of ether oxygens (including phenoxy) is 1. The van der Waals surface area contributed by atoms with E-state index in [9.17, 15) is 9.90 Å². The lowest BCUT2D eigenvalue weighted by Gasteiger charge is -2.48. The molecule has 3 aliphatic rings. The number of rotatable bonds is 3. The summed E-state index contributed by atoms with van der Waals surface area (Å²) >= 11 is 0. The van der Waals surface area contributed by atoms with Crippen LogP contribution in [0.25, 0.3) is 0 Å². The highest BCUT2D eigenvalue weighted by atomic mass is 16.5. The summed E-state index contributed by atoms with van der Waals surface area (Å²) < 4.78 is 5.96. The van der Waals surface area contributed by atoms with Gasteiger partial charge < -0.3 is 14.7 Å². The van der Waals surface area contributed by atoms with E-state index in [-0.39, 0.29) is 24.7 Å². The monoisotopic (exact) mass is 372 g/mol. The molecule has 0 radical (unpaired) electrons. The van der Waals surface area contributed by atoms with E-state index in [0.29, 0.717) is 5.92 Å². The number of fused-ring (bicyclic) bond motifs is 1. The molecule has 2 heterocycles. The predicted molar refractivity (Wildman–Crippen MR) is 105 cm³/mol. The van der Waals surface area contributed by atoms with Gasteiger partial charge in [-0.25, -0.2) is 0 Å². The second-order valence-electron chi connectivity index (χ2n) is 8.73. The van der Waals surface area contributed by atoms with Crippen LogP contribution >= 0.6 is 0 Å². The van der Waals surface area contributed by atoms with Gasteiger partial charge in [0.1, 0.15) is 5.54 Å². The number of benzene rings is 1. The average molecular weight is 373 g/mol. The molecule has 5 nitrogen and oxygen atoms in total. The summed E-state index contributed by atoms with van der Waals surface area (Å²) in [7, 11) is 0.